The summed E-state index contributed by atoms with van der Waals surface area (Å²) in [5.41, 5.74) is -0.259. The molecule has 7 nitrogen and oxygen atoms in total. The molecule has 9 heteroatoms. The molecular weight excluding hydrogens is 358 g/mol. The van der Waals surface area contributed by atoms with Gasteiger partial charge in [0.25, 0.3) is 10.1 Å². The largest absolute Gasteiger partial charge is 0.378 e. The quantitative estimate of drug-likeness (QED) is 0.349. The van der Waals surface area contributed by atoms with Gasteiger partial charge in [0.2, 0.25) is 0 Å². The van der Waals surface area contributed by atoms with Gasteiger partial charge in [-0.2, -0.15) is 8.42 Å². The molecule has 0 aliphatic carbocycles. The van der Waals surface area contributed by atoms with E-state index in [1.807, 2.05) is 4.42 Å². The van der Waals surface area contributed by atoms with Crippen LogP contribution in [0.15, 0.2) is 0 Å². The molecule has 1 N–H and O–H groups in total. The van der Waals surface area contributed by atoms with E-state index in [2.05, 4.69) is 27.7 Å². The van der Waals surface area contributed by atoms with Crippen LogP contribution in [0.1, 0.15) is 40.5 Å². The van der Waals surface area contributed by atoms with Gasteiger partial charge in [0.15, 0.2) is 0 Å². The van der Waals surface area contributed by atoms with Gasteiger partial charge in [0.05, 0.1) is 44.9 Å². The number of halogens is 1. The van der Waals surface area contributed by atoms with Crippen molar-refractivity contribution >= 4 is 21.9 Å². The molecule has 1 aliphatic rings. The van der Waals surface area contributed by atoms with Crippen LogP contribution in [0.4, 0.5) is 0 Å². The minimum atomic E-state index is -3.96. The van der Waals surface area contributed by atoms with E-state index in [9.17, 15) is 8.42 Å². The number of rotatable bonds is 10. The van der Waals surface area contributed by atoms with E-state index in [1.165, 1.54) is 0 Å². The predicted molar refractivity (Wildman–Crippen MR) is 92.9 cm³/mol. The Morgan fingerprint density at radius 1 is 1.00 bits per heavy atom. The summed E-state index contributed by atoms with van der Waals surface area (Å²) >= 11 is 6.42. The van der Waals surface area contributed by atoms with Crippen molar-refractivity contribution in [2.24, 2.45) is 0 Å². The maximum absolute atomic E-state index is 10.5. The summed E-state index contributed by atoms with van der Waals surface area (Å²) in [5.74, 6) is -0.402. The molecule has 24 heavy (non-hydrogen) atoms. The molecule has 1 saturated heterocycles. The van der Waals surface area contributed by atoms with Gasteiger partial charge < -0.3 is 14.2 Å². The zero-order valence-corrected chi connectivity index (χ0v) is 16.5. The van der Waals surface area contributed by atoms with E-state index in [4.69, 9.17) is 30.5 Å². The third kappa shape index (κ3) is 7.95. The van der Waals surface area contributed by atoms with Crippen LogP contribution in [0, 0.1) is 0 Å². The van der Waals surface area contributed by atoms with Gasteiger partial charge >= 0.3 is 0 Å². The van der Waals surface area contributed by atoms with Crippen LogP contribution in [0.3, 0.4) is 0 Å². The molecular formula is C15H30ClNO6S. The molecule has 0 aromatic carbocycles. The summed E-state index contributed by atoms with van der Waals surface area (Å²) in [5, 5.41) is 0. The van der Waals surface area contributed by atoms with Crippen LogP contribution in [-0.2, 0) is 24.3 Å². The zero-order chi connectivity index (χ0) is 18.4. The average Bonchev–Trinajstić information content (AvgIpc) is 2.41. The van der Waals surface area contributed by atoms with Crippen molar-refractivity contribution < 1.29 is 27.2 Å². The fraction of sp³-hybridized carbons (Fsp3) is 1.00. The van der Waals surface area contributed by atoms with Crippen LogP contribution in [-0.4, -0.2) is 73.4 Å². The molecule has 0 atom stereocenters. The highest BCUT2D eigenvalue weighted by Gasteiger charge is 2.45. The van der Waals surface area contributed by atoms with Crippen molar-refractivity contribution in [3.05, 3.63) is 0 Å². The highest BCUT2D eigenvalue weighted by atomic mass is 35.5. The topological polar surface area (TPSA) is 85.3 Å². The Balaban J connectivity index is 2.11. The van der Waals surface area contributed by atoms with Crippen molar-refractivity contribution in [3.63, 3.8) is 0 Å². The standard InChI is InChI=1S/C15H30ClNO6S/c1-14(2)11-13(12-15(3,4)17(14)16)23-8-7-21-5-6-22-9-10-24(18,19)20/h13H,5-12H2,1-4H3,(H,18,19,20). The second-order valence-corrected chi connectivity index (χ2v) is 9.23. The fourth-order valence-corrected chi connectivity index (χ4v) is 3.51. The van der Waals surface area contributed by atoms with Crippen LogP contribution in [0.5, 0.6) is 0 Å². The third-order valence-corrected chi connectivity index (χ3v) is 5.55. The van der Waals surface area contributed by atoms with Gasteiger partial charge in [-0.3, -0.25) is 4.55 Å². The van der Waals surface area contributed by atoms with Gasteiger partial charge in [-0.25, -0.2) is 4.42 Å². The summed E-state index contributed by atoms with van der Waals surface area (Å²) in [7, 11) is -3.96. The smallest absolute Gasteiger partial charge is 0.267 e. The Morgan fingerprint density at radius 3 is 1.96 bits per heavy atom. The van der Waals surface area contributed by atoms with Gasteiger partial charge in [0, 0.05) is 11.1 Å². The average molecular weight is 388 g/mol. The van der Waals surface area contributed by atoms with Crippen molar-refractivity contribution in [3.8, 4) is 0 Å². The lowest BCUT2D eigenvalue weighted by Gasteiger charge is -2.51. The number of nitrogens with zero attached hydrogens (tertiary/aromatic N) is 1. The van der Waals surface area contributed by atoms with E-state index >= 15 is 0 Å². The molecule has 0 radical (unpaired) electrons. The van der Waals surface area contributed by atoms with E-state index in [0.29, 0.717) is 19.8 Å². The lowest BCUT2D eigenvalue weighted by molar-refractivity contribution is -0.0778. The SMILES string of the molecule is CC1(C)CC(OCCOCCOCCS(=O)(=O)O)CC(C)(C)N1Cl. The highest BCUT2D eigenvalue weighted by molar-refractivity contribution is 7.85. The molecule has 1 heterocycles. The lowest BCUT2D eigenvalue weighted by Crippen LogP contribution is -2.57. The summed E-state index contributed by atoms with van der Waals surface area (Å²) in [4.78, 5) is 0. The summed E-state index contributed by atoms with van der Waals surface area (Å²) in [6, 6.07) is 0. The Morgan fingerprint density at radius 2 is 1.46 bits per heavy atom. The maximum Gasteiger partial charge on any atom is 0.267 e. The molecule has 0 bridgehead atoms. The maximum atomic E-state index is 10.5. The van der Waals surface area contributed by atoms with Crippen molar-refractivity contribution in [1.29, 1.82) is 0 Å². The van der Waals surface area contributed by atoms with Crippen LogP contribution >= 0.6 is 11.8 Å². The van der Waals surface area contributed by atoms with Crippen molar-refractivity contribution in [1.82, 2.24) is 4.42 Å². The first-order valence-electron chi connectivity index (χ1n) is 8.12. The molecule has 1 fully saturated rings. The second-order valence-electron chi connectivity index (χ2n) is 7.32. The fourth-order valence-electron chi connectivity index (χ4n) is 3.04. The minimum absolute atomic E-state index is 0.0418. The van der Waals surface area contributed by atoms with Crippen molar-refractivity contribution in [2.75, 3.05) is 38.8 Å². The first-order valence-corrected chi connectivity index (χ1v) is 10.1. The predicted octanol–water partition coefficient (Wildman–Crippen LogP) is 2.10. The minimum Gasteiger partial charge on any atom is -0.378 e. The molecule has 0 unspecified atom stereocenters. The molecule has 0 aromatic heterocycles. The van der Waals surface area contributed by atoms with Gasteiger partial charge in [-0.05, 0) is 52.3 Å². The van der Waals surface area contributed by atoms with E-state index in [-0.39, 0.29) is 30.4 Å². The van der Waals surface area contributed by atoms with Gasteiger partial charge in [-0.15, -0.1) is 0 Å². The first kappa shape index (κ1) is 22.1. The summed E-state index contributed by atoms with van der Waals surface area (Å²) < 4.78 is 47.7. The molecule has 144 valence electrons. The number of hydrogen-bond acceptors (Lipinski definition) is 6. The van der Waals surface area contributed by atoms with Crippen LogP contribution in [0.2, 0.25) is 0 Å². The molecule has 1 rings (SSSR count). The number of piperidine rings is 1. The Kier molecular flexibility index (Phi) is 8.39. The molecule has 0 amide bonds. The molecule has 0 saturated carbocycles. The highest BCUT2D eigenvalue weighted by Crippen LogP contribution is 2.40. The van der Waals surface area contributed by atoms with Crippen LogP contribution in [0.25, 0.3) is 0 Å². The first-order chi connectivity index (χ1) is 10.9. The van der Waals surface area contributed by atoms with E-state index in [0.717, 1.165) is 12.8 Å². The monoisotopic (exact) mass is 387 g/mol. The molecule has 0 spiro atoms. The number of hydrogen-bond donors (Lipinski definition) is 1. The van der Waals surface area contributed by atoms with E-state index < -0.39 is 15.9 Å². The van der Waals surface area contributed by atoms with Gasteiger partial charge in [0.1, 0.15) is 0 Å². The Labute approximate surface area is 150 Å². The molecule has 0 aromatic rings. The van der Waals surface area contributed by atoms with Crippen molar-refractivity contribution in [2.45, 2.75) is 57.7 Å². The summed E-state index contributed by atoms with van der Waals surface area (Å²) in [6.45, 7) is 9.96. The third-order valence-electron chi connectivity index (χ3n) is 3.96. The summed E-state index contributed by atoms with van der Waals surface area (Å²) in [6.07, 6.45) is 1.86. The van der Waals surface area contributed by atoms with E-state index in [1.54, 1.807) is 0 Å². The lowest BCUT2D eigenvalue weighted by atomic mass is 9.81. The Bertz CT molecular complexity index is 464. The normalized spacial score (nSPS) is 21.9. The van der Waals surface area contributed by atoms with Gasteiger partial charge in [-0.1, -0.05) is 0 Å². The number of ether oxygens (including phenoxy) is 3. The zero-order valence-electron chi connectivity index (χ0n) is 15.0. The second kappa shape index (κ2) is 9.12. The van der Waals surface area contributed by atoms with Crippen LogP contribution < -0.4 is 0 Å². The molecule has 1 aliphatic heterocycles. The Hall–Kier alpha value is 0.0400.